The summed E-state index contributed by atoms with van der Waals surface area (Å²) in [7, 11) is 0. The minimum atomic E-state index is 0.0134. The smallest absolute Gasteiger partial charge is 0.187 e. The van der Waals surface area contributed by atoms with Crippen molar-refractivity contribution in [3.05, 3.63) is 42.5 Å². The molecule has 1 N–H and O–H groups in total. The van der Waals surface area contributed by atoms with Crippen LogP contribution in [-0.2, 0) is 4.79 Å². The Morgan fingerprint density at radius 3 is 2.59 bits per heavy atom. The van der Waals surface area contributed by atoms with Crippen molar-refractivity contribution in [1.29, 1.82) is 0 Å². The number of carbonyl (C=O) groups is 1. The van der Waals surface area contributed by atoms with Crippen molar-refractivity contribution in [1.82, 2.24) is 19.9 Å². The van der Waals surface area contributed by atoms with Crippen LogP contribution in [0.4, 0.5) is 0 Å². The molecule has 6 heteroatoms. The van der Waals surface area contributed by atoms with E-state index in [1.54, 1.807) is 30.7 Å². The summed E-state index contributed by atoms with van der Waals surface area (Å²) in [5, 5.41) is 1.70. The van der Waals surface area contributed by atoms with Gasteiger partial charge in [-0.25, -0.2) is 15.0 Å². The molecule has 0 aliphatic heterocycles. The van der Waals surface area contributed by atoms with Crippen LogP contribution in [0.25, 0.3) is 28.2 Å². The molecule has 0 fully saturated rings. The number of nitrogens with one attached hydrogen (secondary N) is 1. The first kappa shape index (κ1) is 14.5. The second kappa shape index (κ2) is 6.11. The number of rotatable bonds is 4. The average molecular weight is 310 g/mol. The first-order valence-electron chi connectivity index (χ1n) is 6.69. The lowest BCUT2D eigenvalue weighted by molar-refractivity contribution is -0.112. The average Bonchev–Trinajstić information content (AvgIpc) is 2.95. The van der Waals surface area contributed by atoms with Gasteiger partial charge in [0.1, 0.15) is 5.65 Å². The number of aromatic amines is 1. The Balaban J connectivity index is 2.03. The molecule has 0 unspecified atom stereocenters. The fraction of sp³-hybridized carbons (Fsp3) is 0.125. The SMILES string of the molecule is CSc1ncc(-c2cnc3[nH]cc(/C=C/C(C)=O)c3c2)cn1. The number of allylic oxidation sites excluding steroid dienone is 1. The molecule has 3 rings (SSSR count). The molecule has 0 spiro atoms. The van der Waals surface area contributed by atoms with Gasteiger partial charge in [0.15, 0.2) is 10.9 Å². The van der Waals surface area contributed by atoms with E-state index in [4.69, 9.17) is 0 Å². The lowest BCUT2D eigenvalue weighted by atomic mass is 10.1. The Hall–Kier alpha value is -2.47. The van der Waals surface area contributed by atoms with Crippen molar-refractivity contribution < 1.29 is 4.79 Å². The summed E-state index contributed by atoms with van der Waals surface area (Å²) >= 11 is 1.50. The molecule has 0 bridgehead atoms. The van der Waals surface area contributed by atoms with Gasteiger partial charge in [0.25, 0.3) is 0 Å². The lowest BCUT2D eigenvalue weighted by Gasteiger charge is -2.02. The first-order chi connectivity index (χ1) is 10.7. The van der Waals surface area contributed by atoms with E-state index < -0.39 is 0 Å². The Kier molecular flexibility index (Phi) is 4.02. The Morgan fingerprint density at radius 1 is 1.18 bits per heavy atom. The number of ketones is 1. The second-order valence-electron chi connectivity index (χ2n) is 4.77. The molecule has 0 aliphatic carbocycles. The van der Waals surface area contributed by atoms with Crippen LogP contribution in [0.15, 0.2) is 42.1 Å². The summed E-state index contributed by atoms with van der Waals surface area (Å²) in [6.45, 7) is 1.53. The van der Waals surface area contributed by atoms with Gasteiger partial charge in [-0.1, -0.05) is 11.8 Å². The van der Waals surface area contributed by atoms with Gasteiger partial charge in [0.05, 0.1) is 0 Å². The molecular weight excluding hydrogens is 296 g/mol. The summed E-state index contributed by atoms with van der Waals surface area (Å²) in [6.07, 6.45) is 12.5. The number of H-pyrrole nitrogens is 1. The van der Waals surface area contributed by atoms with Crippen LogP contribution < -0.4 is 0 Å². The highest BCUT2D eigenvalue weighted by molar-refractivity contribution is 7.98. The zero-order valence-electron chi connectivity index (χ0n) is 12.2. The molecule has 0 radical (unpaired) electrons. The maximum atomic E-state index is 11.1. The monoisotopic (exact) mass is 310 g/mol. The molecule has 0 saturated heterocycles. The van der Waals surface area contributed by atoms with Crippen LogP contribution in [0.3, 0.4) is 0 Å². The molecule has 0 aromatic carbocycles. The normalized spacial score (nSPS) is 11.4. The number of nitrogens with zero attached hydrogens (tertiary/aromatic N) is 3. The van der Waals surface area contributed by atoms with Crippen LogP contribution in [0.5, 0.6) is 0 Å². The summed E-state index contributed by atoms with van der Waals surface area (Å²) in [5.41, 5.74) is 3.57. The largest absolute Gasteiger partial charge is 0.346 e. The molecule has 3 heterocycles. The zero-order chi connectivity index (χ0) is 15.5. The van der Waals surface area contributed by atoms with Crippen molar-refractivity contribution in [2.45, 2.75) is 12.1 Å². The molecule has 0 atom stereocenters. The lowest BCUT2D eigenvalue weighted by Crippen LogP contribution is -1.88. The van der Waals surface area contributed by atoms with E-state index in [1.165, 1.54) is 18.7 Å². The van der Waals surface area contributed by atoms with E-state index in [1.807, 2.05) is 18.5 Å². The Bertz CT molecular complexity index is 852. The van der Waals surface area contributed by atoms with E-state index in [9.17, 15) is 4.79 Å². The molecule has 0 aliphatic rings. The minimum absolute atomic E-state index is 0.0134. The number of pyridine rings is 1. The van der Waals surface area contributed by atoms with Crippen molar-refractivity contribution >= 4 is 34.7 Å². The number of fused-ring (bicyclic) bond motifs is 1. The standard InChI is InChI=1S/C16H14N4OS/c1-10(21)3-4-11-6-17-15-14(11)5-12(7-18-15)13-8-19-16(22-2)20-9-13/h3-9H,1-2H3,(H,17,18)/b4-3+. The second-order valence-corrected chi connectivity index (χ2v) is 5.54. The van der Waals surface area contributed by atoms with E-state index in [0.717, 1.165) is 32.9 Å². The van der Waals surface area contributed by atoms with Crippen molar-refractivity contribution in [2.24, 2.45) is 0 Å². The third-order valence-corrected chi connectivity index (χ3v) is 3.78. The zero-order valence-corrected chi connectivity index (χ0v) is 13.0. The predicted octanol–water partition coefficient (Wildman–Crippen LogP) is 3.34. The van der Waals surface area contributed by atoms with Crippen LogP contribution in [-0.4, -0.2) is 32.0 Å². The van der Waals surface area contributed by atoms with Crippen molar-refractivity contribution in [3.63, 3.8) is 0 Å². The molecule has 22 heavy (non-hydrogen) atoms. The van der Waals surface area contributed by atoms with Gasteiger partial charge < -0.3 is 4.98 Å². The molecule has 5 nitrogen and oxygen atoms in total. The maximum absolute atomic E-state index is 11.1. The number of thioether (sulfide) groups is 1. The highest BCUT2D eigenvalue weighted by atomic mass is 32.2. The highest BCUT2D eigenvalue weighted by Gasteiger charge is 2.06. The van der Waals surface area contributed by atoms with Crippen LogP contribution >= 0.6 is 11.8 Å². The van der Waals surface area contributed by atoms with Crippen molar-refractivity contribution in [3.8, 4) is 11.1 Å². The van der Waals surface area contributed by atoms with Gasteiger partial charge in [-0.05, 0) is 31.4 Å². The van der Waals surface area contributed by atoms with E-state index in [0.29, 0.717) is 0 Å². The van der Waals surface area contributed by atoms with Gasteiger partial charge in [0.2, 0.25) is 0 Å². The Labute approximate surface area is 131 Å². The maximum Gasteiger partial charge on any atom is 0.187 e. The summed E-state index contributed by atoms with van der Waals surface area (Å²) in [4.78, 5) is 27.2. The molecule has 0 amide bonds. The minimum Gasteiger partial charge on any atom is -0.346 e. The quantitative estimate of drug-likeness (QED) is 0.454. The van der Waals surface area contributed by atoms with Crippen LogP contribution in [0.1, 0.15) is 12.5 Å². The topological polar surface area (TPSA) is 71.5 Å². The third-order valence-electron chi connectivity index (χ3n) is 3.20. The third kappa shape index (κ3) is 2.92. The van der Waals surface area contributed by atoms with E-state index in [-0.39, 0.29) is 5.78 Å². The van der Waals surface area contributed by atoms with Gasteiger partial charge >= 0.3 is 0 Å². The van der Waals surface area contributed by atoms with Gasteiger partial charge in [-0.15, -0.1) is 0 Å². The number of hydrogen-bond donors (Lipinski definition) is 1. The number of carbonyl (C=O) groups excluding carboxylic acids is 1. The fourth-order valence-electron chi connectivity index (χ4n) is 2.10. The molecule has 0 saturated carbocycles. The predicted molar refractivity (Wildman–Crippen MR) is 88.6 cm³/mol. The fourth-order valence-corrected chi connectivity index (χ4v) is 2.41. The van der Waals surface area contributed by atoms with Crippen molar-refractivity contribution in [2.75, 3.05) is 6.26 Å². The molecular formula is C16H14N4OS. The number of hydrogen-bond acceptors (Lipinski definition) is 5. The summed E-state index contributed by atoms with van der Waals surface area (Å²) < 4.78 is 0. The highest BCUT2D eigenvalue weighted by Crippen LogP contribution is 2.25. The molecule has 110 valence electrons. The van der Waals surface area contributed by atoms with Gasteiger partial charge in [-0.2, -0.15) is 0 Å². The van der Waals surface area contributed by atoms with Gasteiger partial charge in [0, 0.05) is 46.9 Å². The Morgan fingerprint density at radius 2 is 1.91 bits per heavy atom. The molecule has 3 aromatic heterocycles. The summed E-state index contributed by atoms with van der Waals surface area (Å²) in [5.74, 6) is 0.0134. The van der Waals surface area contributed by atoms with E-state index in [2.05, 4.69) is 19.9 Å². The first-order valence-corrected chi connectivity index (χ1v) is 7.92. The van der Waals surface area contributed by atoms with Gasteiger partial charge in [-0.3, -0.25) is 4.79 Å². The van der Waals surface area contributed by atoms with Crippen LogP contribution in [0, 0.1) is 0 Å². The van der Waals surface area contributed by atoms with Crippen LogP contribution in [0.2, 0.25) is 0 Å². The number of aromatic nitrogens is 4. The van der Waals surface area contributed by atoms with E-state index >= 15 is 0 Å². The summed E-state index contributed by atoms with van der Waals surface area (Å²) in [6, 6.07) is 2.02. The molecule has 3 aromatic rings.